The number of hydrogen-bond acceptors (Lipinski definition) is 3. The van der Waals surface area contributed by atoms with Crippen LogP contribution >= 0.6 is 11.3 Å². The van der Waals surface area contributed by atoms with Crippen LogP contribution in [0.4, 0.5) is 0 Å². The van der Waals surface area contributed by atoms with Gasteiger partial charge in [-0.15, -0.1) is 11.3 Å². The highest BCUT2D eigenvalue weighted by atomic mass is 32.1. The number of thiazole rings is 1. The van der Waals surface area contributed by atoms with E-state index in [4.69, 9.17) is 4.42 Å². The highest BCUT2D eigenvalue weighted by molar-refractivity contribution is 7.13. The summed E-state index contributed by atoms with van der Waals surface area (Å²) in [6, 6.07) is 8.43. The third-order valence-corrected chi connectivity index (χ3v) is 5.13. The molecule has 0 aliphatic carbocycles. The summed E-state index contributed by atoms with van der Waals surface area (Å²) in [4.78, 5) is 4.68. The molecule has 3 heterocycles. The molecule has 23 heavy (non-hydrogen) atoms. The van der Waals surface area contributed by atoms with Crippen molar-refractivity contribution in [2.75, 3.05) is 0 Å². The largest absolute Gasteiger partial charge is 0.459 e. The SMILES string of the molecule is CCC(CC)c1cc[n+](Cc2csc(-c3ccc(C)o3)n2)cc1. The first-order valence-electron chi connectivity index (χ1n) is 8.19. The summed E-state index contributed by atoms with van der Waals surface area (Å²) in [6.45, 7) is 7.25. The minimum absolute atomic E-state index is 0.665. The van der Waals surface area contributed by atoms with Crippen LogP contribution in [0.2, 0.25) is 0 Å². The quantitative estimate of drug-likeness (QED) is 0.600. The fourth-order valence-corrected chi connectivity index (χ4v) is 3.61. The topological polar surface area (TPSA) is 29.9 Å². The van der Waals surface area contributed by atoms with Crippen LogP contribution in [0.5, 0.6) is 0 Å². The molecule has 4 heteroatoms. The molecule has 0 amide bonds. The Hall–Kier alpha value is -1.94. The van der Waals surface area contributed by atoms with E-state index in [-0.39, 0.29) is 0 Å². The van der Waals surface area contributed by atoms with Gasteiger partial charge in [0.2, 0.25) is 0 Å². The lowest BCUT2D eigenvalue weighted by molar-refractivity contribution is -0.688. The molecular formula is C19H23N2OS+. The van der Waals surface area contributed by atoms with Crippen LogP contribution in [-0.4, -0.2) is 4.98 Å². The van der Waals surface area contributed by atoms with Crippen LogP contribution in [0.25, 0.3) is 10.8 Å². The van der Waals surface area contributed by atoms with Crippen molar-refractivity contribution in [2.24, 2.45) is 0 Å². The monoisotopic (exact) mass is 327 g/mol. The van der Waals surface area contributed by atoms with E-state index in [2.05, 4.69) is 53.3 Å². The lowest BCUT2D eigenvalue weighted by Gasteiger charge is -2.11. The Morgan fingerprint density at radius 3 is 2.48 bits per heavy atom. The zero-order valence-corrected chi connectivity index (χ0v) is 14.8. The molecule has 3 aromatic heterocycles. The van der Waals surface area contributed by atoms with E-state index >= 15 is 0 Å². The molecule has 0 radical (unpaired) electrons. The minimum atomic E-state index is 0.665. The third kappa shape index (κ3) is 3.70. The number of aromatic nitrogens is 2. The summed E-state index contributed by atoms with van der Waals surface area (Å²) in [6.07, 6.45) is 6.70. The number of aryl methyl sites for hydroxylation is 1. The maximum absolute atomic E-state index is 5.64. The van der Waals surface area contributed by atoms with Gasteiger partial charge in [-0.05, 0) is 43.4 Å². The van der Waals surface area contributed by atoms with Crippen molar-refractivity contribution < 1.29 is 8.98 Å². The van der Waals surface area contributed by atoms with Gasteiger partial charge in [0.25, 0.3) is 0 Å². The van der Waals surface area contributed by atoms with Crippen molar-refractivity contribution in [3.8, 4) is 10.8 Å². The van der Waals surface area contributed by atoms with Crippen molar-refractivity contribution >= 4 is 11.3 Å². The zero-order valence-electron chi connectivity index (χ0n) is 14.0. The molecule has 0 unspecified atom stereocenters. The number of furan rings is 1. The van der Waals surface area contributed by atoms with Crippen molar-refractivity contribution in [3.05, 3.63) is 59.1 Å². The Balaban J connectivity index is 1.71. The van der Waals surface area contributed by atoms with Crippen LogP contribution in [0, 0.1) is 6.92 Å². The summed E-state index contributed by atoms with van der Waals surface area (Å²) in [5.41, 5.74) is 2.50. The standard InChI is InChI=1S/C19H23N2OS/c1-4-15(5-2)16-8-10-21(11-9-16)12-17-13-23-19(20-17)18-7-6-14(3)22-18/h6-11,13,15H,4-5,12H2,1-3H3/q+1. The van der Waals surface area contributed by atoms with Gasteiger partial charge in [-0.3, -0.25) is 0 Å². The normalized spacial score (nSPS) is 11.3. The van der Waals surface area contributed by atoms with Gasteiger partial charge >= 0.3 is 0 Å². The fourth-order valence-electron chi connectivity index (χ4n) is 2.84. The first-order chi connectivity index (χ1) is 11.2. The van der Waals surface area contributed by atoms with Crippen LogP contribution in [0.3, 0.4) is 0 Å². The van der Waals surface area contributed by atoms with Gasteiger partial charge in [-0.25, -0.2) is 4.98 Å². The molecule has 3 nitrogen and oxygen atoms in total. The molecule has 0 saturated heterocycles. The predicted octanol–water partition coefficient (Wildman–Crippen LogP) is 4.95. The molecule has 0 aromatic carbocycles. The van der Waals surface area contributed by atoms with Crippen molar-refractivity contribution in [3.63, 3.8) is 0 Å². The number of pyridine rings is 1. The maximum atomic E-state index is 5.64. The number of rotatable bonds is 6. The van der Waals surface area contributed by atoms with Gasteiger partial charge in [0.05, 0.1) is 0 Å². The Labute approximate surface area is 141 Å². The smallest absolute Gasteiger partial charge is 0.191 e. The van der Waals surface area contributed by atoms with Crippen LogP contribution in [-0.2, 0) is 6.54 Å². The first-order valence-corrected chi connectivity index (χ1v) is 9.07. The third-order valence-electron chi connectivity index (χ3n) is 4.22. The Morgan fingerprint density at radius 1 is 1.13 bits per heavy atom. The van der Waals surface area contributed by atoms with E-state index in [1.165, 1.54) is 18.4 Å². The number of nitrogens with zero attached hydrogens (tertiary/aromatic N) is 2. The average Bonchev–Trinajstić information content (AvgIpc) is 3.19. The molecule has 0 aliphatic rings. The highest BCUT2D eigenvalue weighted by Gasteiger charge is 2.13. The summed E-state index contributed by atoms with van der Waals surface area (Å²) in [7, 11) is 0. The van der Waals surface area contributed by atoms with Crippen LogP contribution in [0.15, 0.2) is 46.5 Å². The lowest BCUT2D eigenvalue weighted by Crippen LogP contribution is -2.33. The second-order valence-electron chi connectivity index (χ2n) is 5.87. The molecule has 0 saturated carbocycles. The van der Waals surface area contributed by atoms with E-state index in [0.717, 1.165) is 28.8 Å². The van der Waals surface area contributed by atoms with Gasteiger partial charge in [-0.2, -0.15) is 4.57 Å². The van der Waals surface area contributed by atoms with E-state index in [1.54, 1.807) is 11.3 Å². The molecule has 0 bridgehead atoms. The Kier molecular flexibility index (Phi) is 4.91. The molecule has 0 aliphatic heterocycles. The highest BCUT2D eigenvalue weighted by Crippen LogP contribution is 2.25. The molecule has 0 fully saturated rings. The van der Waals surface area contributed by atoms with E-state index < -0.39 is 0 Å². The molecule has 0 atom stereocenters. The summed E-state index contributed by atoms with van der Waals surface area (Å²) in [5, 5.41) is 3.05. The van der Waals surface area contributed by atoms with Gasteiger partial charge in [0.1, 0.15) is 11.5 Å². The van der Waals surface area contributed by atoms with E-state index in [1.807, 2.05) is 19.1 Å². The Morgan fingerprint density at radius 2 is 1.87 bits per heavy atom. The summed E-state index contributed by atoms with van der Waals surface area (Å²) < 4.78 is 7.82. The van der Waals surface area contributed by atoms with E-state index in [0.29, 0.717) is 5.92 Å². The van der Waals surface area contributed by atoms with Crippen molar-refractivity contribution in [2.45, 2.75) is 46.1 Å². The predicted molar refractivity (Wildman–Crippen MR) is 93.6 cm³/mol. The van der Waals surface area contributed by atoms with Crippen LogP contribution in [0.1, 0.15) is 49.6 Å². The fraction of sp³-hybridized carbons (Fsp3) is 0.368. The van der Waals surface area contributed by atoms with Crippen molar-refractivity contribution in [1.29, 1.82) is 0 Å². The maximum Gasteiger partial charge on any atom is 0.191 e. The minimum Gasteiger partial charge on any atom is -0.459 e. The molecular weight excluding hydrogens is 304 g/mol. The second-order valence-corrected chi connectivity index (χ2v) is 6.73. The van der Waals surface area contributed by atoms with Gasteiger partial charge < -0.3 is 4.42 Å². The van der Waals surface area contributed by atoms with Crippen molar-refractivity contribution in [1.82, 2.24) is 4.98 Å². The Bertz CT molecular complexity index is 754. The summed E-state index contributed by atoms with van der Waals surface area (Å²) >= 11 is 1.63. The van der Waals surface area contributed by atoms with Gasteiger partial charge in [0, 0.05) is 17.5 Å². The zero-order chi connectivity index (χ0) is 16.2. The molecule has 0 spiro atoms. The molecule has 120 valence electrons. The number of hydrogen-bond donors (Lipinski definition) is 0. The lowest BCUT2D eigenvalue weighted by atomic mass is 9.95. The second kappa shape index (κ2) is 7.09. The summed E-state index contributed by atoms with van der Waals surface area (Å²) in [5.74, 6) is 2.44. The van der Waals surface area contributed by atoms with Gasteiger partial charge in [-0.1, -0.05) is 13.8 Å². The average molecular weight is 327 g/mol. The molecule has 0 N–H and O–H groups in total. The molecule has 3 rings (SSSR count). The molecule has 3 aromatic rings. The first kappa shape index (κ1) is 15.9. The van der Waals surface area contributed by atoms with Crippen LogP contribution < -0.4 is 4.57 Å². The van der Waals surface area contributed by atoms with Gasteiger partial charge in [0.15, 0.2) is 29.7 Å². The van der Waals surface area contributed by atoms with E-state index in [9.17, 15) is 0 Å².